The van der Waals surface area contributed by atoms with E-state index < -0.39 is 0 Å². The molecule has 17 heavy (non-hydrogen) atoms. The van der Waals surface area contributed by atoms with Crippen molar-refractivity contribution in [2.75, 3.05) is 18.0 Å². The van der Waals surface area contributed by atoms with Crippen molar-refractivity contribution in [3.05, 3.63) is 23.9 Å². The molecule has 1 aromatic rings. The largest absolute Gasteiger partial charge is 0.384 e. The minimum Gasteiger partial charge on any atom is -0.384 e. The van der Waals surface area contributed by atoms with Crippen LogP contribution in [-0.4, -0.2) is 23.9 Å². The number of pyridine rings is 1. The van der Waals surface area contributed by atoms with E-state index in [1.165, 1.54) is 19.3 Å². The molecule has 0 saturated carbocycles. The van der Waals surface area contributed by atoms with Crippen LogP contribution < -0.4 is 10.6 Å². The fraction of sp³-hybridized carbons (Fsp3) is 0.538. The molecule has 1 unspecified atom stereocenters. The number of nitrogens with zero attached hydrogens (tertiary/aromatic N) is 2. The standard InChI is InChI=1S/C13H20N4/c1-10-4-3-8-17(9-6-10)13-11(12(14)15)5-2-7-16-13/h2,5,7,10H,3-4,6,8-9H2,1H3,(H3,14,15). The van der Waals surface area contributed by atoms with Crippen LogP contribution in [-0.2, 0) is 0 Å². The van der Waals surface area contributed by atoms with E-state index in [0.717, 1.165) is 30.4 Å². The minimum atomic E-state index is 0.102. The van der Waals surface area contributed by atoms with E-state index in [9.17, 15) is 0 Å². The average molecular weight is 232 g/mol. The second kappa shape index (κ2) is 5.17. The van der Waals surface area contributed by atoms with Crippen LogP contribution in [0.5, 0.6) is 0 Å². The van der Waals surface area contributed by atoms with Crippen molar-refractivity contribution in [1.82, 2.24) is 4.98 Å². The van der Waals surface area contributed by atoms with E-state index in [-0.39, 0.29) is 5.84 Å². The molecular weight excluding hydrogens is 212 g/mol. The van der Waals surface area contributed by atoms with Crippen LogP contribution in [0.1, 0.15) is 31.7 Å². The molecule has 2 heterocycles. The van der Waals surface area contributed by atoms with Gasteiger partial charge in [0.2, 0.25) is 0 Å². The molecule has 1 aliphatic rings. The molecule has 0 aliphatic carbocycles. The Hall–Kier alpha value is -1.58. The first-order valence-electron chi connectivity index (χ1n) is 6.23. The van der Waals surface area contributed by atoms with E-state index in [1.54, 1.807) is 6.20 Å². The van der Waals surface area contributed by atoms with Crippen LogP contribution in [0, 0.1) is 11.3 Å². The summed E-state index contributed by atoms with van der Waals surface area (Å²) in [6, 6.07) is 3.71. The van der Waals surface area contributed by atoms with Gasteiger partial charge in [-0.1, -0.05) is 6.92 Å². The van der Waals surface area contributed by atoms with Gasteiger partial charge in [0.15, 0.2) is 0 Å². The average Bonchev–Trinajstić information content (AvgIpc) is 2.54. The first-order valence-corrected chi connectivity index (χ1v) is 6.23. The van der Waals surface area contributed by atoms with Gasteiger partial charge in [-0.05, 0) is 37.3 Å². The predicted octanol–water partition coefficient (Wildman–Crippen LogP) is 1.99. The number of hydrogen-bond acceptors (Lipinski definition) is 3. The van der Waals surface area contributed by atoms with Gasteiger partial charge < -0.3 is 10.6 Å². The fourth-order valence-electron chi connectivity index (χ4n) is 2.33. The second-order valence-corrected chi connectivity index (χ2v) is 4.81. The molecule has 2 rings (SSSR count). The zero-order valence-corrected chi connectivity index (χ0v) is 10.3. The lowest BCUT2D eigenvalue weighted by molar-refractivity contribution is 0.521. The quantitative estimate of drug-likeness (QED) is 0.605. The van der Waals surface area contributed by atoms with Crippen molar-refractivity contribution in [2.45, 2.75) is 26.2 Å². The maximum Gasteiger partial charge on any atom is 0.139 e. The molecule has 1 saturated heterocycles. The summed E-state index contributed by atoms with van der Waals surface area (Å²) in [4.78, 5) is 6.66. The maximum absolute atomic E-state index is 7.60. The number of aromatic nitrogens is 1. The maximum atomic E-state index is 7.60. The molecule has 0 aromatic carbocycles. The van der Waals surface area contributed by atoms with Gasteiger partial charge in [0.25, 0.3) is 0 Å². The van der Waals surface area contributed by atoms with Crippen molar-refractivity contribution in [1.29, 1.82) is 5.41 Å². The summed E-state index contributed by atoms with van der Waals surface area (Å²) in [5.74, 6) is 1.75. The van der Waals surface area contributed by atoms with Crippen LogP contribution in [0.2, 0.25) is 0 Å². The number of nitrogens with two attached hydrogens (primary N) is 1. The second-order valence-electron chi connectivity index (χ2n) is 4.81. The predicted molar refractivity (Wildman–Crippen MR) is 70.5 cm³/mol. The lowest BCUT2D eigenvalue weighted by Gasteiger charge is -2.23. The number of anilines is 1. The minimum absolute atomic E-state index is 0.102. The highest BCUT2D eigenvalue weighted by atomic mass is 15.2. The molecule has 4 heteroatoms. The molecule has 1 atom stereocenters. The van der Waals surface area contributed by atoms with Crippen molar-refractivity contribution in [3.8, 4) is 0 Å². The smallest absolute Gasteiger partial charge is 0.139 e. The van der Waals surface area contributed by atoms with Crippen molar-refractivity contribution >= 4 is 11.7 Å². The summed E-state index contributed by atoms with van der Waals surface area (Å²) in [6.45, 7) is 4.33. The molecule has 0 bridgehead atoms. The highest BCUT2D eigenvalue weighted by molar-refractivity contribution is 5.99. The van der Waals surface area contributed by atoms with Crippen LogP contribution >= 0.6 is 0 Å². The van der Waals surface area contributed by atoms with Gasteiger partial charge >= 0.3 is 0 Å². The van der Waals surface area contributed by atoms with E-state index in [4.69, 9.17) is 11.1 Å². The topological polar surface area (TPSA) is 66.0 Å². The molecule has 4 nitrogen and oxygen atoms in total. The summed E-state index contributed by atoms with van der Waals surface area (Å²) in [6.07, 6.45) is 5.43. The monoisotopic (exact) mass is 232 g/mol. The van der Waals surface area contributed by atoms with Crippen LogP contribution in [0.4, 0.5) is 5.82 Å². The summed E-state index contributed by atoms with van der Waals surface area (Å²) < 4.78 is 0. The van der Waals surface area contributed by atoms with Crippen molar-refractivity contribution in [2.24, 2.45) is 11.7 Å². The third kappa shape index (κ3) is 2.75. The summed E-state index contributed by atoms with van der Waals surface area (Å²) in [5, 5.41) is 7.60. The fourth-order valence-corrected chi connectivity index (χ4v) is 2.33. The number of hydrogen-bond donors (Lipinski definition) is 2. The lowest BCUT2D eigenvalue weighted by atomic mass is 10.0. The third-order valence-electron chi connectivity index (χ3n) is 3.39. The lowest BCUT2D eigenvalue weighted by Crippen LogP contribution is -2.28. The normalized spacial score (nSPS) is 21.0. The molecule has 3 N–H and O–H groups in total. The number of amidine groups is 1. The number of rotatable bonds is 2. The SMILES string of the molecule is CC1CCCN(c2ncccc2C(=N)N)CC1. The Morgan fingerprint density at radius 2 is 2.29 bits per heavy atom. The molecule has 1 fully saturated rings. The Labute approximate surface area is 102 Å². The first kappa shape index (κ1) is 11.9. The molecule has 0 radical (unpaired) electrons. The Morgan fingerprint density at radius 3 is 3.06 bits per heavy atom. The van der Waals surface area contributed by atoms with Crippen molar-refractivity contribution in [3.63, 3.8) is 0 Å². The number of nitrogen functional groups attached to an aromatic ring is 1. The summed E-state index contributed by atoms with van der Waals surface area (Å²) >= 11 is 0. The van der Waals surface area contributed by atoms with Crippen LogP contribution in [0.15, 0.2) is 18.3 Å². The zero-order chi connectivity index (χ0) is 12.3. The van der Waals surface area contributed by atoms with E-state index >= 15 is 0 Å². The van der Waals surface area contributed by atoms with Crippen molar-refractivity contribution < 1.29 is 0 Å². The molecule has 1 aromatic heterocycles. The van der Waals surface area contributed by atoms with Gasteiger partial charge in [-0.2, -0.15) is 0 Å². The van der Waals surface area contributed by atoms with E-state index in [0.29, 0.717) is 0 Å². The first-order chi connectivity index (χ1) is 8.18. The Bertz CT molecular complexity index is 402. The molecule has 0 amide bonds. The third-order valence-corrected chi connectivity index (χ3v) is 3.39. The molecule has 92 valence electrons. The van der Waals surface area contributed by atoms with Gasteiger partial charge in [0, 0.05) is 19.3 Å². The van der Waals surface area contributed by atoms with E-state index in [2.05, 4.69) is 16.8 Å². The van der Waals surface area contributed by atoms with Gasteiger partial charge in [0.05, 0.1) is 5.56 Å². The Morgan fingerprint density at radius 1 is 1.47 bits per heavy atom. The molecule has 1 aliphatic heterocycles. The van der Waals surface area contributed by atoms with Crippen LogP contribution in [0.25, 0.3) is 0 Å². The Kier molecular flexibility index (Phi) is 3.61. The van der Waals surface area contributed by atoms with Crippen LogP contribution in [0.3, 0.4) is 0 Å². The summed E-state index contributed by atoms with van der Waals surface area (Å²) in [5.41, 5.74) is 6.36. The van der Waals surface area contributed by atoms with Gasteiger partial charge in [-0.15, -0.1) is 0 Å². The molecular formula is C13H20N4. The van der Waals surface area contributed by atoms with E-state index in [1.807, 2.05) is 12.1 Å². The van der Waals surface area contributed by atoms with Gasteiger partial charge in [-0.3, -0.25) is 5.41 Å². The highest BCUT2D eigenvalue weighted by Gasteiger charge is 2.18. The van der Waals surface area contributed by atoms with Gasteiger partial charge in [0.1, 0.15) is 11.7 Å². The summed E-state index contributed by atoms with van der Waals surface area (Å²) in [7, 11) is 0. The Balaban J connectivity index is 2.24. The number of nitrogens with one attached hydrogen (secondary N) is 1. The highest BCUT2D eigenvalue weighted by Crippen LogP contribution is 2.23. The molecule has 0 spiro atoms. The zero-order valence-electron chi connectivity index (χ0n) is 10.3. The van der Waals surface area contributed by atoms with Gasteiger partial charge in [-0.25, -0.2) is 4.98 Å².